The molecule has 0 bridgehead atoms. The maximum absolute atomic E-state index is 13.0. The molecular formula is C33H24N6O3. The molecule has 0 aliphatic rings. The van der Waals surface area contributed by atoms with Gasteiger partial charge in [-0.15, -0.1) is 0 Å². The highest BCUT2D eigenvalue weighted by Gasteiger charge is 2.12. The SMILES string of the molecule is O=C(Nc1ccc(C(=O)c2ccc(NC(=O)c3ccc(-n4cccn4)cc3)cc2)cc1)c1ccc(-n2cccn2)cc1. The summed E-state index contributed by atoms with van der Waals surface area (Å²) >= 11 is 0. The van der Waals surface area contributed by atoms with E-state index in [9.17, 15) is 14.4 Å². The van der Waals surface area contributed by atoms with Crippen LogP contribution in [-0.4, -0.2) is 37.2 Å². The predicted octanol–water partition coefficient (Wildman–Crippen LogP) is 5.79. The van der Waals surface area contributed by atoms with Crippen LogP contribution in [0.25, 0.3) is 11.4 Å². The summed E-state index contributed by atoms with van der Waals surface area (Å²) in [7, 11) is 0. The number of hydrogen-bond acceptors (Lipinski definition) is 5. The Morgan fingerprint density at radius 3 is 1.17 bits per heavy atom. The maximum Gasteiger partial charge on any atom is 0.255 e. The first kappa shape index (κ1) is 26.1. The van der Waals surface area contributed by atoms with Crippen molar-refractivity contribution in [2.75, 3.05) is 10.6 Å². The molecule has 0 fully saturated rings. The van der Waals surface area contributed by atoms with Crippen molar-refractivity contribution in [1.82, 2.24) is 19.6 Å². The first-order valence-corrected chi connectivity index (χ1v) is 13.1. The zero-order valence-corrected chi connectivity index (χ0v) is 22.2. The fourth-order valence-corrected chi connectivity index (χ4v) is 4.36. The number of carbonyl (C=O) groups excluding carboxylic acids is 3. The molecule has 0 radical (unpaired) electrons. The van der Waals surface area contributed by atoms with Crippen molar-refractivity contribution in [3.05, 3.63) is 156 Å². The summed E-state index contributed by atoms with van der Waals surface area (Å²) in [5, 5.41) is 14.1. The molecule has 9 heteroatoms. The molecule has 204 valence electrons. The van der Waals surface area contributed by atoms with Gasteiger partial charge in [-0.2, -0.15) is 10.2 Å². The van der Waals surface area contributed by atoms with Gasteiger partial charge < -0.3 is 10.6 Å². The molecule has 6 rings (SSSR count). The van der Waals surface area contributed by atoms with Crippen LogP contribution in [0.5, 0.6) is 0 Å². The fourth-order valence-electron chi connectivity index (χ4n) is 4.36. The quantitative estimate of drug-likeness (QED) is 0.232. The van der Waals surface area contributed by atoms with Crippen molar-refractivity contribution in [3.63, 3.8) is 0 Å². The third-order valence-corrected chi connectivity index (χ3v) is 6.61. The predicted molar refractivity (Wildman–Crippen MR) is 159 cm³/mol. The van der Waals surface area contributed by atoms with E-state index in [1.807, 2.05) is 48.8 Å². The second kappa shape index (κ2) is 11.6. The van der Waals surface area contributed by atoms with Gasteiger partial charge in [0, 0.05) is 58.4 Å². The van der Waals surface area contributed by atoms with Crippen molar-refractivity contribution in [2.45, 2.75) is 0 Å². The van der Waals surface area contributed by atoms with E-state index in [1.165, 1.54) is 0 Å². The van der Waals surface area contributed by atoms with Crippen molar-refractivity contribution in [1.29, 1.82) is 0 Å². The Balaban J connectivity index is 1.05. The van der Waals surface area contributed by atoms with Gasteiger partial charge >= 0.3 is 0 Å². The lowest BCUT2D eigenvalue weighted by Crippen LogP contribution is -2.12. The van der Waals surface area contributed by atoms with E-state index in [4.69, 9.17) is 0 Å². The van der Waals surface area contributed by atoms with Gasteiger partial charge in [-0.05, 0) is 109 Å². The summed E-state index contributed by atoms with van der Waals surface area (Å²) in [5.41, 5.74) is 4.81. The number of rotatable bonds is 8. The first-order chi connectivity index (χ1) is 20.5. The molecule has 0 aliphatic carbocycles. The Morgan fingerprint density at radius 2 is 0.833 bits per heavy atom. The van der Waals surface area contributed by atoms with Gasteiger partial charge in [0.25, 0.3) is 11.8 Å². The third-order valence-electron chi connectivity index (χ3n) is 6.61. The highest BCUT2D eigenvalue weighted by atomic mass is 16.2. The van der Waals surface area contributed by atoms with Gasteiger partial charge in [0.2, 0.25) is 0 Å². The minimum atomic E-state index is -0.257. The molecule has 0 saturated heterocycles. The van der Waals surface area contributed by atoms with Crippen LogP contribution in [0.1, 0.15) is 36.6 Å². The van der Waals surface area contributed by atoms with Crippen LogP contribution >= 0.6 is 0 Å². The van der Waals surface area contributed by atoms with Gasteiger partial charge in [-0.25, -0.2) is 9.36 Å². The lowest BCUT2D eigenvalue weighted by Gasteiger charge is -2.09. The number of benzene rings is 4. The van der Waals surface area contributed by atoms with E-state index in [1.54, 1.807) is 94.6 Å². The molecule has 0 aliphatic heterocycles. The molecule has 2 aromatic heterocycles. The summed E-state index contributed by atoms with van der Waals surface area (Å²) in [5.74, 6) is -0.686. The molecule has 2 heterocycles. The average Bonchev–Trinajstić information content (AvgIpc) is 3.77. The number of amides is 2. The summed E-state index contributed by atoms with van der Waals surface area (Å²) < 4.78 is 3.43. The zero-order chi connectivity index (χ0) is 28.9. The van der Waals surface area contributed by atoms with Crippen molar-refractivity contribution in [2.24, 2.45) is 0 Å². The summed E-state index contributed by atoms with van der Waals surface area (Å²) in [4.78, 5) is 38.4. The molecule has 0 unspecified atom stereocenters. The number of carbonyl (C=O) groups is 3. The van der Waals surface area contributed by atoms with Gasteiger partial charge in [0.15, 0.2) is 5.78 Å². The van der Waals surface area contributed by atoms with Crippen molar-refractivity contribution < 1.29 is 14.4 Å². The number of nitrogens with one attached hydrogen (secondary N) is 2. The monoisotopic (exact) mass is 552 g/mol. The first-order valence-electron chi connectivity index (χ1n) is 13.1. The second-order valence-corrected chi connectivity index (χ2v) is 9.39. The largest absolute Gasteiger partial charge is 0.322 e. The van der Waals surface area contributed by atoms with Crippen LogP contribution in [0.3, 0.4) is 0 Å². The van der Waals surface area contributed by atoms with Gasteiger partial charge in [-0.1, -0.05) is 0 Å². The molecule has 0 spiro atoms. The highest BCUT2D eigenvalue weighted by Crippen LogP contribution is 2.18. The second-order valence-electron chi connectivity index (χ2n) is 9.39. The lowest BCUT2D eigenvalue weighted by molar-refractivity contribution is 0.101. The number of ketones is 1. The van der Waals surface area contributed by atoms with Crippen LogP contribution in [0.15, 0.2) is 134 Å². The number of anilines is 2. The van der Waals surface area contributed by atoms with E-state index in [0.717, 1.165) is 11.4 Å². The molecule has 0 atom stereocenters. The Bertz CT molecular complexity index is 1690. The molecule has 6 aromatic rings. The van der Waals surface area contributed by atoms with Gasteiger partial charge in [0.05, 0.1) is 11.4 Å². The topological polar surface area (TPSA) is 111 Å². The van der Waals surface area contributed by atoms with Crippen molar-refractivity contribution >= 4 is 29.0 Å². The van der Waals surface area contributed by atoms with Crippen LogP contribution in [0.2, 0.25) is 0 Å². The van der Waals surface area contributed by atoms with E-state index >= 15 is 0 Å². The molecule has 2 amide bonds. The van der Waals surface area contributed by atoms with Gasteiger partial charge in [0.1, 0.15) is 0 Å². The summed E-state index contributed by atoms with van der Waals surface area (Å²) in [6.07, 6.45) is 7.04. The molecule has 9 nitrogen and oxygen atoms in total. The number of nitrogens with zero attached hydrogens (tertiary/aromatic N) is 4. The number of aromatic nitrogens is 4. The Morgan fingerprint density at radius 1 is 0.476 bits per heavy atom. The van der Waals surface area contributed by atoms with Crippen LogP contribution in [0, 0.1) is 0 Å². The minimum Gasteiger partial charge on any atom is -0.322 e. The van der Waals surface area contributed by atoms with Crippen LogP contribution in [0.4, 0.5) is 11.4 Å². The Labute approximate surface area is 241 Å². The smallest absolute Gasteiger partial charge is 0.255 e. The van der Waals surface area contributed by atoms with Crippen LogP contribution < -0.4 is 10.6 Å². The molecule has 0 saturated carbocycles. The van der Waals surface area contributed by atoms with E-state index < -0.39 is 0 Å². The standard InChI is InChI=1S/C33H24N6O3/c40-31(23-3-11-27(12-4-23)36-32(41)25-7-15-29(16-8-25)38-21-1-19-34-38)24-5-13-28(14-6-24)37-33(42)26-9-17-30(18-10-26)39-22-2-20-35-39/h1-22H,(H,36,41)(H,37,42). The molecule has 4 aromatic carbocycles. The number of hydrogen-bond donors (Lipinski definition) is 2. The Kier molecular flexibility index (Phi) is 7.20. The fraction of sp³-hybridized carbons (Fsp3) is 0. The Hall–Kier alpha value is -6.09. The molecule has 42 heavy (non-hydrogen) atoms. The third kappa shape index (κ3) is 5.75. The normalized spacial score (nSPS) is 10.7. The van der Waals surface area contributed by atoms with Gasteiger partial charge in [-0.3, -0.25) is 14.4 Å². The minimum absolute atomic E-state index is 0.172. The average molecular weight is 553 g/mol. The molecule has 2 N–H and O–H groups in total. The van der Waals surface area contributed by atoms with E-state index in [0.29, 0.717) is 33.6 Å². The lowest BCUT2D eigenvalue weighted by atomic mass is 10.0. The van der Waals surface area contributed by atoms with E-state index in [-0.39, 0.29) is 17.6 Å². The van der Waals surface area contributed by atoms with Crippen LogP contribution in [-0.2, 0) is 0 Å². The molecular weight excluding hydrogens is 528 g/mol. The van der Waals surface area contributed by atoms with Crippen molar-refractivity contribution in [3.8, 4) is 11.4 Å². The zero-order valence-electron chi connectivity index (χ0n) is 22.2. The van der Waals surface area contributed by atoms with E-state index in [2.05, 4.69) is 20.8 Å². The summed E-state index contributed by atoms with van der Waals surface area (Å²) in [6.45, 7) is 0. The summed E-state index contributed by atoms with van der Waals surface area (Å²) in [6, 6.07) is 31.3. The highest BCUT2D eigenvalue weighted by molar-refractivity contribution is 6.10. The maximum atomic E-state index is 13.0.